The summed E-state index contributed by atoms with van der Waals surface area (Å²) in [5, 5.41) is 13.1. The van der Waals surface area contributed by atoms with Crippen molar-refractivity contribution in [3.05, 3.63) is 88.3 Å². The zero-order chi connectivity index (χ0) is 19.0. The fourth-order valence-corrected chi connectivity index (χ4v) is 4.04. The molecule has 0 spiro atoms. The third-order valence-corrected chi connectivity index (χ3v) is 5.54. The maximum Gasteiger partial charge on any atom is 0.286 e. The van der Waals surface area contributed by atoms with E-state index in [0.29, 0.717) is 5.69 Å². The minimum atomic E-state index is -3.98. The average molecular weight is 381 g/mol. The Bertz CT molecular complexity index is 1220. The normalized spacial score (nSPS) is 14.7. The first kappa shape index (κ1) is 17.0. The van der Waals surface area contributed by atoms with Crippen LogP contribution in [0.3, 0.4) is 0 Å². The first-order valence-corrected chi connectivity index (χ1v) is 9.57. The molecular formula is C19H15N3O4S. The number of anilines is 1. The van der Waals surface area contributed by atoms with Crippen LogP contribution in [0, 0.1) is 0 Å². The number of hydrogen-bond acceptors (Lipinski definition) is 5. The Balaban J connectivity index is 1.82. The van der Waals surface area contributed by atoms with E-state index >= 15 is 0 Å². The summed E-state index contributed by atoms with van der Waals surface area (Å²) in [6, 6.07) is 16.9. The van der Waals surface area contributed by atoms with Gasteiger partial charge in [-0.2, -0.15) is 8.42 Å². The SMILES string of the molecule is O=c1c(C2=NS(=O)(=O)c3ccccc3N2)c(O)ccn1Cc1ccccc1. The van der Waals surface area contributed by atoms with Gasteiger partial charge in [0.25, 0.3) is 15.6 Å². The molecule has 3 aromatic rings. The predicted molar refractivity (Wildman–Crippen MR) is 102 cm³/mol. The zero-order valence-corrected chi connectivity index (χ0v) is 14.8. The van der Waals surface area contributed by atoms with Crippen LogP contribution in [0.25, 0.3) is 0 Å². The second kappa shape index (κ2) is 6.40. The molecule has 0 fully saturated rings. The molecule has 0 amide bonds. The number of aromatic nitrogens is 1. The number of pyridine rings is 1. The van der Waals surface area contributed by atoms with Gasteiger partial charge in [-0.15, -0.1) is 4.40 Å². The number of fused-ring (bicyclic) bond motifs is 1. The van der Waals surface area contributed by atoms with Crippen LogP contribution in [0.2, 0.25) is 0 Å². The summed E-state index contributed by atoms with van der Waals surface area (Å²) in [6.45, 7) is 0.281. The summed E-state index contributed by atoms with van der Waals surface area (Å²) < 4.78 is 30.0. The number of aromatic hydroxyl groups is 1. The van der Waals surface area contributed by atoms with Crippen molar-refractivity contribution >= 4 is 21.5 Å². The molecule has 0 radical (unpaired) electrons. The second-order valence-electron chi connectivity index (χ2n) is 6.03. The Kier molecular flexibility index (Phi) is 4.04. The van der Waals surface area contributed by atoms with Crippen LogP contribution in [-0.2, 0) is 16.6 Å². The molecule has 1 aliphatic heterocycles. The maximum atomic E-state index is 12.9. The third-order valence-electron chi connectivity index (χ3n) is 4.21. The lowest BCUT2D eigenvalue weighted by Gasteiger charge is -2.19. The number of amidine groups is 1. The summed E-state index contributed by atoms with van der Waals surface area (Å²) in [5.41, 5.74) is 0.471. The molecule has 27 heavy (non-hydrogen) atoms. The van der Waals surface area contributed by atoms with Crippen LogP contribution in [0.4, 0.5) is 5.69 Å². The van der Waals surface area contributed by atoms with Crippen LogP contribution in [-0.4, -0.2) is 23.9 Å². The van der Waals surface area contributed by atoms with Crippen molar-refractivity contribution < 1.29 is 13.5 Å². The summed E-state index contributed by atoms with van der Waals surface area (Å²) in [6.07, 6.45) is 1.46. The molecule has 8 heteroatoms. The van der Waals surface area contributed by atoms with E-state index < -0.39 is 15.6 Å². The maximum absolute atomic E-state index is 12.9. The molecule has 2 aromatic carbocycles. The molecule has 0 aliphatic carbocycles. The van der Waals surface area contributed by atoms with Crippen molar-refractivity contribution in [3.8, 4) is 5.75 Å². The predicted octanol–water partition coefficient (Wildman–Crippen LogP) is 2.16. The van der Waals surface area contributed by atoms with Crippen molar-refractivity contribution in [2.45, 2.75) is 11.4 Å². The molecule has 1 aromatic heterocycles. The number of sulfonamides is 1. The minimum absolute atomic E-state index is 0.0220. The lowest BCUT2D eigenvalue weighted by molar-refractivity contribution is 0.470. The lowest BCUT2D eigenvalue weighted by atomic mass is 10.2. The second-order valence-corrected chi connectivity index (χ2v) is 7.60. The Morgan fingerprint density at radius 3 is 2.48 bits per heavy atom. The van der Waals surface area contributed by atoms with Gasteiger partial charge in [0, 0.05) is 6.20 Å². The summed E-state index contributed by atoms with van der Waals surface area (Å²) in [7, 11) is -3.98. The molecule has 0 unspecified atom stereocenters. The highest BCUT2D eigenvalue weighted by Gasteiger charge is 2.28. The van der Waals surface area contributed by atoms with Gasteiger partial charge >= 0.3 is 0 Å². The molecule has 1 aliphatic rings. The quantitative estimate of drug-likeness (QED) is 0.724. The fourth-order valence-electron chi connectivity index (χ4n) is 2.91. The van der Waals surface area contributed by atoms with Crippen molar-refractivity contribution in [3.63, 3.8) is 0 Å². The summed E-state index contributed by atoms with van der Waals surface area (Å²) in [5.74, 6) is -0.538. The van der Waals surface area contributed by atoms with Crippen molar-refractivity contribution in [2.75, 3.05) is 5.32 Å². The van der Waals surface area contributed by atoms with Crippen molar-refractivity contribution in [1.82, 2.24) is 4.57 Å². The Hall–Kier alpha value is -3.39. The van der Waals surface area contributed by atoms with Gasteiger partial charge in [-0.25, -0.2) is 0 Å². The molecule has 0 saturated carbocycles. The van der Waals surface area contributed by atoms with Gasteiger partial charge in [0.1, 0.15) is 16.2 Å². The first-order valence-electron chi connectivity index (χ1n) is 8.13. The third kappa shape index (κ3) is 3.11. The van der Waals surface area contributed by atoms with Gasteiger partial charge in [0.05, 0.1) is 12.2 Å². The van der Waals surface area contributed by atoms with Crippen molar-refractivity contribution in [2.24, 2.45) is 4.40 Å². The minimum Gasteiger partial charge on any atom is -0.507 e. The van der Waals surface area contributed by atoms with Gasteiger partial charge in [0.15, 0.2) is 5.84 Å². The highest BCUT2D eigenvalue weighted by atomic mass is 32.2. The molecule has 4 rings (SSSR count). The van der Waals surface area contributed by atoms with E-state index in [-0.39, 0.29) is 28.6 Å². The monoisotopic (exact) mass is 381 g/mol. The summed E-state index contributed by atoms with van der Waals surface area (Å²) in [4.78, 5) is 12.9. The number of para-hydroxylation sites is 1. The number of hydrogen-bond donors (Lipinski definition) is 2. The molecular weight excluding hydrogens is 366 g/mol. The Labute approximate surface area is 155 Å². The van der Waals surface area contributed by atoms with Crippen LogP contribution >= 0.6 is 0 Å². The molecule has 0 atom stereocenters. The molecule has 2 heterocycles. The fraction of sp³-hybridized carbons (Fsp3) is 0.0526. The van der Waals surface area contributed by atoms with E-state index in [1.807, 2.05) is 30.3 Å². The first-order chi connectivity index (χ1) is 13.0. The number of nitrogens with zero attached hydrogens (tertiary/aromatic N) is 2. The Morgan fingerprint density at radius 1 is 1.00 bits per heavy atom. The highest BCUT2D eigenvalue weighted by Crippen LogP contribution is 2.29. The smallest absolute Gasteiger partial charge is 0.286 e. The van der Waals surface area contributed by atoms with E-state index in [1.165, 1.54) is 22.9 Å². The summed E-state index contributed by atoms with van der Waals surface area (Å²) >= 11 is 0. The van der Waals surface area contributed by atoms with E-state index in [9.17, 15) is 18.3 Å². The molecule has 2 N–H and O–H groups in total. The van der Waals surface area contributed by atoms with Gasteiger partial charge in [-0.1, -0.05) is 42.5 Å². The number of nitrogens with one attached hydrogen (secondary N) is 1. The average Bonchev–Trinajstić information content (AvgIpc) is 2.65. The van der Waals surface area contributed by atoms with E-state index in [0.717, 1.165) is 5.56 Å². The van der Waals surface area contributed by atoms with Gasteiger partial charge in [-0.3, -0.25) is 4.79 Å². The molecule has 0 bridgehead atoms. The number of rotatable bonds is 3. The van der Waals surface area contributed by atoms with E-state index in [1.54, 1.807) is 18.2 Å². The topological polar surface area (TPSA) is 101 Å². The van der Waals surface area contributed by atoms with Crippen LogP contribution < -0.4 is 10.9 Å². The van der Waals surface area contributed by atoms with E-state index in [2.05, 4.69) is 9.71 Å². The zero-order valence-electron chi connectivity index (χ0n) is 14.0. The standard InChI is InChI=1S/C19H15N3O4S/c23-15-10-11-22(12-13-6-2-1-3-7-13)19(24)17(15)18-20-14-8-4-5-9-16(14)27(25,26)21-18/h1-11,23H,12H2,(H,20,21). The lowest BCUT2D eigenvalue weighted by Crippen LogP contribution is -2.32. The molecule has 7 nitrogen and oxygen atoms in total. The van der Waals surface area contributed by atoms with Gasteiger partial charge < -0.3 is 15.0 Å². The largest absolute Gasteiger partial charge is 0.507 e. The molecule has 136 valence electrons. The Morgan fingerprint density at radius 2 is 1.70 bits per heavy atom. The van der Waals surface area contributed by atoms with Crippen LogP contribution in [0.5, 0.6) is 5.75 Å². The highest BCUT2D eigenvalue weighted by molar-refractivity contribution is 7.90. The van der Waals surface area contributed by atoms with Crippen LogP contribution in [0.1, 0.15) is 11.1 Å². The van der Waals surface area contributed by atoms with Gasteiger partial charge in [-0.05, 0) is 23.8 Å². The number of benzene rings is 2. The van der Waals surface area contributed by atoms with Gasteiger partial charge in [0.2, 0.25) is 0 Å². The van der Waals surface area contributed by atoms with Crippen molar-refractivity contribution in [1.29, 1.82) is 0 Å². The molecule has 0 saturated heterocycles. The van der Waals surface area contributed by atoms with E-state index in [4.69, 9.17) is 0 Å². The van der Waals surface area contributed by atoms with Crippen LogP contribution in [0.15, 0.2) is 80.9 Å².